The number of amides is 3. The maximum Gasteiger partial charge on any atom is 0.417 e. The lowest BCUT2D eigenvalue weighted by Gasteiger charge is -2.61. The molecule has 0 radical (unpaired) electrons. The molecule has 0 unspecified atom stereocenters. The van der Waals surface area contributed by atoms with Gasteiger partial charge < -0.3 is 19.9 Å². The van der Waals surface area contributed by atoms with E-state index in [1.54, 1.807) is 21.9 Å². The lowest BCUT2D eigenvalue weighted by Crippen LogP contribution is -2.74. The molecule has 7 nitrogen and oxygen atoms in total. The van der Waals surface area contributed by atoms with Crippen molar-refractivity contribution in [2.75, 3.05) is 32.8 Å². The molecule has 10 heteroatoms. The minimum atomic E-state index is -4.54. The number of hydrogen-bond acceptors (Lipinski definition) is 4. The average Bonchev–Trinajstić information content (AvgIpc) is 3.02. The normalized spacial score (nSPS) is 23.5. The highest BCUT2D eigenvalue weighted by Crippen LogP contribution is 2.53. The van der Waals surface area contributed by atoms with Gasteiger partial charge in [0, 0.05) is 18.5 Å². The number of rotatable bonds is 2. The number of carbonyl (C=O) groups is 2. The van der Waals surface area contributed by atoms with Crippen LogP contribution in [0.25, 0.3) is 0 Å². The largest absolute Gasteiger partial charge is 0.447 e. The molecular formula is C21H21F3N4O3. The number of hydrogen-bond donors (Lipinski definition) is 1. The second kappa shape index (κ2) is 6.52. The van der Waals surface area contributed by atoms with E-state index in [-0.39, 0.29) is 29.5 Å². The molecule has 0 aromatic heterocycles. The van der Waals surface area contributed by atoms with Crippen LogP contribution in [0.5, 0.6) is 0 Å². The summed E-state index contributed by atoms with van der Waals surface area (Å²) in [5, 5.41) is 11.7. The van der Waals surface area contributed by atoms with Gasteiger partial charge in [0.1, 0.15) is 12.1 Å². The number of carbonyl (C=O) groups excluding carboxylic acids is 2. The van der Waals surface area contributed by atoms with Crippen LogP contribution >= 0.6 is 0 Å². The van der Waals surface area contributed by atoms with Gasteiger partial charge in [0.05, 0.1) is 30.3 Å². The second-order valence-electron chi connectivity index (χ2n) is 9.44. The quantitative estimate of drug-likeness (QED) is 0.776. The van der Waals surface area contributed by atoms with E-state index in [1.807, 2.05) is 0 Å². The van der Waals surface area contributed by atoms with Gasteiger partial charge in [-0.05, 0) is 42.9 Å². The minimum Gasteiger partial charge on any atom is -0.447 e. The summed E-state index contributed by atoms with van der Waals surface area (Å²) in [4.78, 5) is 27.3. The Kier molecular flexibility index (Phi) is 4.20. The summed E-state index contributed by atoms with van der Waals surface area (Å²) in [6, 6.07) is 5.50. The summed E-state index contributed by atoms with van der Waals surface area (Å²) in [5.41, 5.74) is -1.01. The number of nitrogens with one attached hydrogen (secondary N) is 1. The number of likely N-dealkylation sites (tertiary alicyclic amines) is 2. The van der Waals surface area contributed by atoms with E-state index >= 15 is 0 Å². The number of alkyl carbamates (subject to hydrolysis) is 1. The molecule has 1 aromatic carbocycles. The maximum atomic E-state index is 13.1. The monoisotopic (exact) mass is 434 g/mol. The van der Waals surface area contributed by atoms with Crippen LogP contribution in [0.1, 0.15) is 29.5 Å². The first kappa shape index (κ1) is 20.0. The molecule has 3 heterocycles. The number of nitriles is 1. The zero-order chi connectivity index (χ0) is 22.0. The number of ether oxygens (including phenoxy) is 1. The highest BCUT2D eigenvalue weighted by Gasteiger charge is 2.57. The Morgan fingerprint density at radius 1 is 1.23 bits per heavy atom. The van der Waals surface area contributed by atoms with Crippen LogP contribution in [-0.2, 0) is 17.3 Å². The molecule has 0 bridgehead atoms. The molecule has 1 saturated carbocycles. The molecule has 1 aromatic rings. The second-order valence-corrected chi connectivity index (χ2v) is 9.44. The van der Waals surface area contributed by atoms with E-state index in [0.717, 1.165) is 18.9 Å². The van der Waals surface area contributed by atoms with Gasteiger partial charge in [-0.25, -0.2) is 9.59 Å². The molecular weight excluding hydrogens is 413 g/mol. The minimum absolute atomic E-state index is 0.0391. The van der Waals surface area contributed by atoms with Gasteiger partial charge in [0.2, 0.25) is 0 Å². The van der Waals surface area contributed by atoms with Crippen molar-refractivity contribution >= 4 is 12.1 Å². The van der Waals surface area contributed by atoms with E-state index in [0.29, 0.717) is 38.2 Å². The summed E-state index contributed by atoms with van der Waals surface area (Å²) in [6.45, 7) is 2.51. The van der Waals surface area contributed by atoms with E-state index in [4.69, 9.17) is 10.00 Å². The summed E-state index contributed by atoms with van der Waals surface area (Å²) < 4.78 is 44.4. The number of cyclic esters (lactones) is 1. The van der Waals surface area contributed by atoms with E-state index in [1.165, 1.54) is 6.07 Å². The molecule has 3 saturated heterocycles. The molecule has 5 rings (SSSR count). The average molecular weight is 434 g/mol. The highest BCUT2D eigenvalue weighted by molar-refractivity contribution is 5.78. The lowest BCUT2D eigenvalue weighted by atomic mass is 9.56. The number of benzene rings is 1. The zero-order valence-electron chi connectivity index (χ0n) is 16.7. The Bertz CT molecular complexity index is 983. The van der Waals surface area contributed by atoms with Crippen LogP contribution < -0.4 is 5.32 Å². The van der Waals surface area contributed by atoms with Crippen LogP contribution in [0.4, 0.5) is 22.8 Å². The first-order valence-electron chi connectivity index (χ1n) is 10.2. The smallest absolute Gasteiger partial charge is 0.417 e. The first-order chi connectivity index (χ1) is 14.6. The van der Waals surface area contributed by atoms with Gasteiger partial charge >= 0.3 is 18.3 Å². The van der Waals surface area contributed by atoms with Crippen LogP contribution in [-0.4, -0.2) is 60.2 Å². The predicted octanol–water partition coefficient (Wildman–Crippen LogP) is 2.75. The van der Waals surface area contributed by atoms with Gasteiger partial charge in [0.15, 0.2) is 0 Å². The van der Waals surface area contributed by atoms with Crippen molar-refractivity contribution in [3.05, 3.63) is 34.9 Å². The number of halogens is 3. The van der Waals surface area contributed by atoms with Crippen molar-refractivity contribution in [2.45, 2.75) is 31.0 Å². The Labute approximate surface area is 176 Å². The fraction of sp³-hybridized carbons (Fsp3) is 0.571. The van der Waals surface area contributed by atoms with E-state index < -0.39 is 23.4 Å². The van der Waals surface area contributed by atoms with Crippen molar-refractivity contribution in [1.82, 2.24) is 15.1 Å². The molecule has 1 aliphatic carbocycles. The topological polar surface area (TPSA) is 85.7 Å². The third-order valence-electron chi connectivity index (χ3n) is 6.90. The fourth-order valence-electron chi connectivity index (χ4n) is 5.53. The number of nitrogens with zero attached hydrogens (tertiary/aromatic N) is 3. The molecule has 3 amide bonds. The van der Waals surface area contributed by atoms with Gasteiger partial charge in [0.25, 0.3) is 0 Å². The lowest BCUT2D eigenvalue weighted by molar-refractivity contribution is -0.137. The number of alkyl halides is 3. The molecule has 31 heavy (non-hydrogen) atoms. The third kappa shape index (κ3) is 3.36. The molecule has 0 atom stereocenters. The molecule has 3 aliphatic heterocycles. The van der Waals surface area contributed by atoms with Crippen molar-refractivity contribution < 1.29 is 27.5 Å². The van der Waals surface area contributed by atoms with Crippen LogP contribution in [0.15, 0.2) is 18.2 Å². The van der Waals surface area contributed by atoms with Gasteiger partial charge in [-0.3, -0.25) is 0 Å². The molecule has 4 fully saturated rings. The van der Waals surface area contributed by atoms with Crippen molar-refractivity contribution in [3.8, 4) is 6.07 Å². The standard InChI is InChI=1S/C21H21F3N4O3/c22-21(23,24)16-4-13(1-2-15(16)7-25)3-14-5-19(6-14)8-27(9-19)18(30)28-10-20(11-28)12-31-17(29)26-20/h1-2,4,14H,3,5-6,8-12H2,(H,26,29). The Morgan fingerprint density at radius 3 is 2.48 bits per heavy atom. The molecule has 4 aliphatic rings. The summed E-state index contributed by atoms with van der Waals surface area (Å²) in [7, 11) is 0. The Morgan fingerprint density at radius 2 is 1.90 bits per heavy atom. The molecule has 2 spiro atoms. The highest BCUT2D eigenvalue weighted by atomic mass is 19.4. The Hall–Kier alpha value is -2.96. The summed E-state index contributed by atoms with van der Waals surface area (Å²) >= 11 is 0. The van der Waals surface area contributed by atoms with Crippen LogP contribution in [0.3, 0.4) is 0 Å². The van der Waals surface area contributed by atoms with E-state index in [9.17, 15) is 22.8 Å². The number of urea groups is 1. The fourth-order valence-corrected chi connectivity index (χ4v) is 5.53. The zero-order valence-corrected chi connectivity index (χ0v) is 16.7. The SMILES string of the molecule is N#Cc1ccc(CC2CC3(C2)CN(C(=O)N2CC4(COC(=O)N4)C2)C3)cc1C(F)(F)F. The van der Waals surface area contributed by atoms with Crippen molar-refractivity contribution in [3.63, 3.8) is 0 Å². The maximum absolute atomic E-state index is 13.1. The van der Waals surface area contributed by atoms with Crippen molar-refractivity contribution in [2.24, 2.45) is 11.3 Å². The van der Waals surface area contributed by atoms with Crippen LogP contribution in [0.2, 0.25) is 0 Å². The predicted molar refractivity (Wildman–Crippen MR) is 101 cm³/mol. The molecule has 164 valence electrons. The Balaban J connectivity index is 1.11. The molecule has 1 N–H and O–H groups in total. The van der Waals surface area contributed by atoms with Gasteiger partial charge in [-0.15, -0.1) is 0 Å². The van der Waals surface area contributed by atoms with Crippen molar-refractivity contribution in [1.29, 1.82) is 5.26 Å². The van der Waals surface area contributed by atoms with E-state index in [2.05, 4.69) is 5.32 Å². The van der Waals surface area contributed by atoms with Gasteiger partial charge in [-0.1, -0.05) is 6.07 Å². The summed E-state index contributed by atoms with van der Waals surface area (Å²) in [6.07, 6.45) is -2.68. The van der Waals surface area contributed by atoms with Gasteiger partial charge in [-0.2, -0.15) is 18.4 Å². The summed E-state index contributed by atoms with van der Waals surface area (Å²) in [5.74, 6) is 0.282. The third-order valence-corrected chi connectivity index (χ3v) is 6.90. The van der Waals surface area contributed by atoms with Crippen LogP contribution in [0, 0.1) is 22.7 Å². The first-order valence-corrected chi connectivity index (χ1v) is 10.2.